The fourth-order valence-corrected chi connectivity index (χ4v) is 3.39. The monoisotopic (exact) mass is 380 g/mol. The van der Waals surface area contributed by atoms with Gasteiger partial charge in [-0.25, -0.2) is 0 Å². The molecule has 0 saturated carbocycles. The number of ether oxygens (including phenoxy) is 2. The third-order valence-electron chi connectivity index (χ3n) is 3.95. The van der Waals surface area contributed by atoms with E-state index in [0.717, 1.165) is 29.9 Å². The number of carbonyl (C=O) groups excluding carboxylic acids is 2. The summed E-state index contributed by atoms with van der Waals surface area (Å²) in [6.07, 6.45) is 1.83. The highest BCUT2D eigenvalue weighted by atomic mass is 32.2. The van der Waals surface area contributed by atoms with Gasteiger partial charge >= 0.3 is 0 Å². The van der Waals surface area contributed by atoms with Crippen LogP contribution in [0.25, 0.3) is 0 Å². The maximum Gasteiger partial charge on any atom is 0.282 e. The molecule has 144 valence electrons. The average Bonchev–Trinajstić information content (AvgIpc) is 3.02. The van der Waals surface area contributed by atoms with Crippen molar-refractivity contribution in [1.82, 2.24) is 10.2 Å². The van der Waals surface area contributed by atoms with E-state index in [2.05, 4.69) is 19.2 Å². The van der Waals surface area contributed by atoms with Gasteiger partial charge < -0.3 is 19.7 Å². The van der Waals surface area contributed by atoms with Gasteiger partial charge in [-0.15, -0.1) is 0 Å². The molecule has 1 heterocycles. The van der Waals surface area contributed by atoms with Crippen molar-refractivity contribution in [1.29, 1.82) is 0 Å². The first-order valence-corrected chi connectivity index (χ1v) is 10.1. The van der Waals surface area contributed by atoms with Crippen LogP contribution in [0.1, 0.15) is 45.2 Å². The van der Waals surface area contributed by atoms with Crippen molar-refractivity contribution in [3.63, 3.8) is 0 Å². The van der Waals surface area contributed by atoms with Gasteiger partial charge in [-0.05, 0) is 37.5 Å². The van der Waals surface area contributed by atoms with Crippen LogP contribution >= 0.6 is 11.8 Å². The Labute approximate surface area is 159 Å². The second-order valence-corrected chi connectivity index (χ2v) is 7.27. The summed E-state index contributed by atoms with van der Waals surface area (Å²) in [5.41, 5.74) is 0.940. The van der Waals surface area contributed by atoms with E-state index in [1.54, 1.807) is 4.90 Å². The Morgan fingerprint density at radius 1 is 1.23 bits per heavy atom. The van der Waals surface area contributed by atoms with Crippen LogP contribution in [0.5, 0.6) is 11.5 Å². The molecule has 1 aromatic carbocycles. The van der Waals surface area contributed by atoms with E-state index in [-0.39, 0.29) is 23.7 Å². The van der Waals surface area contributed by atoms with E-state index >= 15 is 0 Å². The van der Waals surface area contributed by atoms with Crippen molar-refractivity contribution < 1.29 is 19.1 Å². The molecule has 0 spiro atoms. The van der Waals surface area contributed by atoms with E-state index in [0.29, 0.717) is 25.5 Å². The minimum atomic E-state index is -0.183. The second-order valence-electron chi connectivity index (χ2n) is 6.23. The van der Waals surface area contributed by atoms with Gasteiger partial charge in [-0.1, -0.05) is 31.7 Å². The summed E-state index contributed by atoms with van der Waals surface area (Å²) in [5.74, 6) is 2.02. The third-order valence-corrected chi connectivity index (χ3v) is 4.84. The molecule has 6 nitrogen and oxygen atoms in total. The molecule has 0 radical (unpaired) electrons. The number of nitrogens with one attached hydrogen (secondary N) is 1. The lowest BCUT2D eigenvalue weighted by Gasteiger charge is -2.20. The molecule has 0 aliphatic carbocycles. The lowest BCUT2D eigenvalue weighted by molar-refractivity contribution is -0.122. The Bertz CT molecular complexity index is 624. The predicted octanol–water partition coefficient (Wildman–Crippen LogP) is 3.61. The van der Waals surface area contributed by atoms with Crippen molar-refractivity contribution in [3.05, 3.63) is 23.8 Å². The molecule has 1 aliphatic heterocycles. The summed E-state index contributed by atoms with van der Waals surface area (Å²) >= 11 is 1.26. The van der Waals surface area contributed by atoms with Crippen LogP contribution in [0, 0.1) is 0 Å². The molecule has 1 aliphatic rings. The number of hydrogen-bond acceptors (Lipinski definition) is 5. The molecule has 0 aromatic heterocycles. The summed E-state index contributed by atoms with van der Waals surface area (Å²) in [4.78, 5) is 25.4. The van der Waals surface area contributed by atoms with Crippen LogP contribution in [-0.4, -0.2) is 48.1 Å². The molecular formula is C19H28N2O4S. The molecule has 2 amide bonds. The molecule has 1 aromatic rings. The van der Waals surface area contributed by atoms with E-state index < -0.39 is 0 Å². The maximum absolute atomic E-state index is 12.2. The molecule has 1 N–H and O–H groups in total. The number of carbonyl (C=O) groups is 2. The lowest BCUT2D eigenvalue weighted by atomic mass is 10.1. The van der Waals surface area contributed by atoms with Crippen LogP contribution in [0.4, 0.5) is 4.79 Å². The summed E-state index contributed by atoms with van der Waals surface area (Å²) < 4.78 is 11.5. The number of hydrogen-bond donors (Lipinski definition) is 1. The normalized spacial score (nSPS) is 15.0. The van der Waals surface area contributed by atoms with Gasteiger partial charge in [-0.2, -0.15) is 0 Å². The minimum absolute atomic E-state index is 0.0273. The number of thioether (sulfide) groups is 1. The van der Waals surface area contributed by atoms with E-state index in [4.69, 9.17) is 9.47 Å². The predicted molar refractivity (Wildman–Crippen MR) is 104 cm³/mol. The third kappa shape index (κ3) is 5.83. The standard InChI is InChI=1S/C19H28N2O4S/c1-4-9-24-16-7-6-15(12-17(16)25-10-5-2)14(3)20-18(22)13-21-8-11-26-19(21)23/h6-7,12,14H,4-5,8-11,13H2,1-3H3,(H,20,22)/t14-/m0/s1. The maximum atomic E-state index is 12.2. The first-order chi connectivity index (χ1) is 12.5. The highest BCUT2D eigenvalue weighted by Crippen LogP contribution is 2.31. The Balaban J connectivity index is 2.00. The lowest BCUT2D eigenvalue weighted by Crippen LogP contribution is -2.38. The molecular weight excluding hydrogens is 352 g/mol. The van der Waals surface area contributed by atoms with Crippen molar-refractivity contribution >= 4 is 22.9 Å². The summed E-state index contributed by atoms with van der Waals surface area (Å²) in [6, 6.07) is 5.56. The van der Waals surface area contributed by atoms with Gasteiger partial charge in [0.1, 0.15) is 6.54 Å². The molecule has 7 heteroatoms. The molecule has 2 rings (SSSR count). The zero-order valence-corrected chi connectivity index (χ0v) is 16.6. The number of rotatable bonds is 10. The van der Waals surface area contributed by atoms with E-state index in [1.807, 2.05) is 25.1 Å². The summed E-state index contributed by atoms with van der Waals surface area (Å²) in [7, 11) is 0. The quantitative estimate of drug-likeness (QED) is 0.672. The van der Waals surface area contributed by atoms with Crippen molar-refractivity contribution in [2.45, 2.75) is 39.7 Å². The topological polar surface area (TPSA) is 67.9 Å². The first kappa shape index (κ1) is 20.4. The van der Waals surface area contributed by atoms with Crippen LogP contribution in [-0.2, 0) is 4.79 Å². The first-order valence-electron chi connectivity index (χ1n) is 9.15. The fourth-order valence-electron chi connectivity index (χ4n) is 2.56. The van der Waals surface area contributed by atoms with Crippen LogP contribution in [0.2, 0.25) is 0 Å². The molecule has 1 atom stereocenters. The van der Waals surface area contributed by atoms with Crippen molar-refractivity contribution in [2.75, 3.05) is 32.1 Å². The molecule has 26 heavy (non-hydrogen) atoms. The Morgan fingerprint density at radius 3 is 2.54 bits per heavy atom. The van der Waals surface area contributed by atoms with Gasteiger partial charge in [0, 0.05) is 12.3 Å². The molecule has 0 bridgehead atoms. The SMILES string of the molecule is CCCOc1ccc([C@H](C)NC(=O)CN2CCSC2=O)cc1OCCC. The van der Waals surface area contributed by atoms with Crippen molar-refractivity contribution in [2.24, 2.45) is 0 Å². The zero-order valence-electron chi connectivity index (χ0n) is 15.7. The van der Waals surface area contributed by atoms with Gasteiger partial charge in [0.05, 0.1) is 19.3 Å². The van der Waals surface area contributed by atoms with E-state index in [1.165, 1.54) is 11.8 Å². The highest BCUT2D eigenvalue weighted by Gasteiger charge is 2.24. The van der Waals surface area contributed by atoms with Crippen LogP contribution in [0.15, 0.2) is 18.2 Å². The molecule has 1 saturated heterocycles. The Kier molecular flexibility index (Phi) is 8.09. The minimum Gasteiger partial charge on any atom is -0.490 e. The number of benzene rings is 1. The fraction of sp³-hybridized carbons (Fsp3) is 0.579. The van der Waals surface area contributed by atoms with Gasteiger partial charge in [0.25, 0.3) is 5.24 Å². The van der Waals surface area contributed by atoms with Gasteiger partial charge in [-0.3, -0.25) is 9.59 Å². The van der Waals surface area contributed by atoms with Crippen molar-refractivity contribution in [3.8, 4) is 11.5 Å². The summed E-state index contributed by atoms with van der Waals surface area (Å²) in [6.45, 7) is 8.01. The Morgan fingerprint density at radius 2 is 1.92 bits per heavy atom. The average molecular weight is 381 g/mol. The molecule has 0 unspecified atom stereocenters. The van der Waals surface area contributed by atoms with E-state index in [9.17, 15) is 9.59 Å². The van der Waals surface area contributed by atoms with Gasteiger partial charge in [0.2, 0.25) is 5.91 Å². The second kappa shape index (κ2) is 10.3. The number of amides is 2. The molecule has 1 fully saturated rings. The van der Waals surface area contributed by atoms with Gasteiger partial charge in [0.15, 0.2) is 11.5 Å². The summed E-state index contributed by atoms with van der Waals surface area (Å²) in [5, 5.41) is 2.92. The highest BCUT2D eigenvalue weighted by molar-refractivity contribution is 8.13. The zero-order chi connectivity index (χ0) is 18.9. The smallest absolute Gasteiger partial charge is 0.282 e. The Hall–Kier alpha value is -1.89. The van der Waals surface area contributed by atoms with Crippen LogP contribution in [0.3, 0.4) is 0 Å². The number of nitrogens with zero attached hydrogens (tertiary/aromatic N) is 1. The largest absolute Gasteiger partial charge is 0.490 e. The van der Waals surface area contributed by atoms with Crippen LogP contribution < -0.4 is 14.8 Å².